The number of quaternary nitrogens is 2. The first-order valence-electron chi connectivity index (χ1n) is 7.26. The highest BCUT2D eigenvalue weighted by atomic mass is 32.2. The first-order chi connectivity index (χ1) is 9.31. The third kappa shape index (κ3) is 14.5. The summed E-state index contributed by atoms with van der Waals surface area (Å²) in [4.78, 5) is 0. The fourth-order valence-corrected chi connectivity index (χ4v) is 2.32. The first kappa shape index (κ1) is 20.8. The van der Waals surface area contributed by atoms with Gasteiger partial charge in [0, 0.05) is 12.8 Å². The van der Waals surface area contributed by atoms with Gasteiger partial charge in [-0.25, -0.2) is 0 Å². The fraction of sp³-hybridized carbons (Fsp3) is 1.00. The van der Waals surface area contributed by atoms with Crippen molar-refractivity contribution in [2.75, 3.05) is 67.2 Å². The van der Waals surface area contributed by atoms with E-state index in [4.69, 9.17) is 15.0 Å². The minimum absolute atomic E-state index is 0.194. The molecule has 0 aliphatic heterocycles. The Morgan fingerprint density at radius 3 is 2.14 bits per heavy atom. The van der Waals surface area contributed by atoms with Gasteiger partial charge in [-0.3, -0.25) is 4.55 Å². The van der Waals surface area contributed by atoms with Crippen molar-refractivity contribution in [2.24, 2.45) is 5.73 Å². The topological polar surface area (TPSA) is 89.6 Å². The Labute approximate surface area is 129 Å². The van der Waals surface area contributed by atoms with E-state index in [1.54, 1.807) is 0 Å². The van der Waals surface area contributed by atoms with Crippen LogP contribution in [0.15, 0.2) is 0 Å². The van der Waals surface area contributed by atoms with E-state index < -0.39 is 10.1 Å². The zero-order valence-corrected chi connectivity index (χ0v) is 14.9. The average Bonchev–Trinajstić information content (AvgIpc) is 2.22. The predicted molar refractivity (Wildman–Crippen MR) is 84.3 cm³/mol. The largest absolute Gasteiger partial charge is 0.358 e. The summed E-state index contributed by atoms with van der Waals surface area (Å²) in [6.07, 6.45) is 0.856. The molecule has 0 aliphatic carbocycles. The van der Waals surface area contributed by atoms with E-state index >= 15 is 0 Å². The molecule has 1 atom stereocenters. The number of ether oxygens (including phenoxy) is 1. The van der Waals surface area contributed by atoms with Crippen molar-refractivity contribution in [1.29, 1.82) is 0 Å². The summed E-state index contributed by atoms with van der Waals surface area (Å²) in [5, 5.41) is 0. The van der Waals surface area contributed by atoms with Gasteiger partial charge in [0.25, 0.3) is 10.1 Å². The molecule has 0 amide bonds. The van der Waals surface area contributed by atoms with Crippen LogP contribution in [0.4, 0.5) is 0 Å². The lowest BCUT2D eigenvalue weighted by molar-refractivity contribution is -0.890. The maximum absolute atomic E-state index is 10.7. The smallest absolute Gasteiger partial charge is 0.265 e. The molecule has 21 heavy (non-hydrogen) atoms. The van der Waals surface area contributed by atoms with E-state index in [0.717, 1.165) is 24.0 Å². The van der Waals surface area contributed by atoms with E-state index in [0.29, 0.717) is 24.1 Å². The van der Waals surface area contributed by atoms with Crippen LogP contribution in [0.1, 0.15) is 12.8 Å². The Morgan fingerprint density at radius 1 is 1.10 bits per heavy atom. The number of rotatable bonds is 11. The summed E-state index contributed by atoms with van der Waals surface area (Å²) in [6.45, 7) is 3.00. The molecule has 3 N–H and O–H groups in total. The molecule has 0 heterocycles. The van der Waals surface area contributed by atoms with Crippen LogP contribution in [0.25, 0.3) is 0 Å². The van der Waals surface area contributed by atoms with Crippen LogP contribution >= 0.6 is 0 Å². The van der Waals surface area contributed by atoms with Gasteiger partial charge in [0.2, 0.25) is 0 Å². The minimum atomic E-state index is -3.86. The zero-order valence-electron chi connectivity index (χ0n) is 14.1. The highest BCUT2D eigenvalue weighted by Crippen LogP contribution is 2.05. The van der Waals surface area contributed by atoms with Gasteiger partial charge in [0.05, 0.1) is 60.7 Å². The standard InChI is InChI=1S/C13H32N3O4S/c1-15(2,3)10-11-20-13(14)7-9-16(4,5)8-6-12-21(17,18)19/h13H,6-12,14H2,1-5H3/q+1/p+1. The van der Waals surface area contributed by atoms with Gasteiger partial charge in [-0.05, 0) is 0 Å². The number of hydrogen-bond donors (Lipinski definition) is 2. The predicted octanol–water partition coefficient (Wildman–Crippen LogP) is -0.262. The highest BCUT2D eigenvalue weighted by molar-refractivity contribution is 7.85. The summed E-state index contributed by atoms with van der Waals surface area (Å²) in [5.74, 6) is -0.194. The van der Waals surface area contributed by atoms with Crippen LogP contribution in [0.5, 0.6) is 0 Å². The van der Waals surface area contributed by atoms with Gasteiger partial charge in [0.15, 0.2) is 0 Å². The normalized spacial score (nSPS) is 15.2. The molecular formula is C13H33N3O4S+2. The lowest BCUT2D eigenvalue weighted by Crippen LogP contribution is -2.45. The molecule has 0 rings (SSSR count). The van der Waals surface area contributed by atoms with Crippen LogP contribution in [-0.4, -0.2) is 95.4 Å². The van der Waals surface area contributed by atoms with Crippen molar-refractivity contribution in [3.05, 3.63) is 0 Å². The molecule has 0 aliphatic rings. The Balaban J connectivity index is 3.90. The number of nitrogens with two attached hydrogens (primary N) is 1. The fourth-order valence-electron chi connectivity index (χ4n) is 1.82. The lowest BCUT2D eigenvalue weighted by atomic mass is 10.3. The van der Waals surface area contributed by atoms with Gasteiger partial charge < -0.3 is 19.4 Å². The van der Waals surface area contributed by atoms with E-state index in [1.165, 1.54) is 0 Å². The molecule has 0 saturated carbocycles. The van der Waals surface area contributed by atoms with Crippen LogP contribution in [0, 0.1) is 0 Å². The van der Waals surface area contributed by atoms with Crippen molar-refractivity contribution in [3.8, 4) is 0 Å². The Morgan fingerprint density at radius 2 is 1.67 bits per heavy atom. The molecule has 0 radical (unpaired) electrons. The molecule has 0 bridgehead atoms. The molecule has 0 fully saturated rings. The van der Waals surface area contributed by atoms with Crippen LogP contribution in [0.2, 0.25) is 0 Å². The van der Waals surface area contributed by atoms with E-state index in [9.17, 15) is 8.42 Å². The molecular weight excluding hydrogens is 294 g/mol. The molecule has 1 unspecified atom stereocenters. The second-order valence-electron chi connectivity index (χ2n) is 7.23. The summed E-state index contributed by atoms with van der Waals surface area (Å²) < 4.78 is 37.2. The number of likely N-dealkylation sites (N-methyl/N-ethyl adjacent to an activating group) is 1. The third-order valence-corrected chi connectivity index (χ3v) is 4.08. The molecule has 0 spiro atoms. The van der Waals surface area contributed by atoms with Crippen molar-refractivity contribution >= 4 is 10.1 Å². The maximum atomic E-state index is 10.7. The van der Waals surface area contributed by atoms with E-state index in [-0.39, 0.29) is 12.0 Å². The van der Waals surface area contributed by atoms with E-state index in [2.05, 4.69) is 21.1 Å². The minimum Gasteiger partial charge on any atom is -0.358 e. The van der Waals surface area contributed by atoms with Gasteiger partial charge in [0.1, 0.15) is 12.8 Å². The molecule has 7 nitrogen and oxygen atoms in total. The van der Waals surface area contributed by atoms with Crippen molar-refractivity contribution in [3.63, 3.8) is 0 Å². The van der Waals surface area contributed by atoms with Crippen molar-refractivity contribution in [2.45, 2.75) is 19.1 Å². The van der Waals surface area contributed by atoms with Crippen molar-refractivity contribution in [1.82, 2.24) is 0 Å². The monoisotopic (exact) mass is 327 g/mol. The first-order valence-corrected chi connectivity index (χ1v) is 8.86. The van der Waals surface area contributed by atoms with Gasteiger partial charge >= 0.3 is 0 Å². The zero-order chi connectivity index (χ0) is 16.7. The quantitative estimate of drug-likeness (QED) is 0.310. The Hall–Kier alpha value is -0.250. The SMILES string of the molecule is C[N+](C)(C)CCOC(N)CC[N+](C)(C)CCCS(=O)(=O)O. The third-order valence-electron chi connectivity index (χ3n) is 3.28. The molecule has 0 aromatic rings. The highest BCUT2D eigenvalue weighted by Gasteiger charge is 2.18. The van der Waals surface area contributed by atoms with Gasteiger partial charge in [-0.15, -0.1) is 0 Å². The summed E-state index contributed by atoms with van der Waals surface area (Å²) in [6, 6.07) is 0. The van der Waals surface area contributed by atoms with Gasteiger partial charge in [-0.1, -0.05) is 0 Å². The van der Waals surface area contributed by atoms with Crippen molar-refractivity contribution < 1.29 is 26.7 Å². The van der Waals surface area contributed by atoms with Crippen LogP contribution < -0.4 is 5.73 Å². The Kier molecular flexibility index (Phi) is 8.30. The molecule has 0 saturated heterocycles. The number of nitrogens with zero attached hydrogens (tertiary/aromatic N) is 2. The van der Waals surface area contributed by atoms with Crippen LogP contribution in [0.3, 0.4) is 0 Å². The van der Waals surface area contributed by atoms with Gasteiger partial charge in [-0.2, -0.15) is 8.42 Å². The Bertz CT molecular complexity index is 391. The molecule has 8 heteroatoms. The second-order valence-corrected chi connectivity index (χ2v) is 8.81. The second kappa shape index (κ2) is 8.40. The molecule has 128 valence electrons. The average molecular weight is 327 g/mol. The molecule has 0 aromatic carbocycles. The maximum Gasteiger partial charge on any atom is 0.265 e. The summed E-state index contributed by atoms with van der Waals surface area (Å²) in [7, 11) is 6.47. The van der Waals surface area contributed by atoms with E-state index in [1.807, 2.05) is 14.1 Å². The summed E-state index contributed by atoms with van der Waals surface area (Å²) in [5.41, 5.74) is 5.93. The number of hydrogen-bond acceptors (Lipinski definition) is 4. The summed E-state index contributed by atoms with van der Waals surface area (Å²) >= 11 is 0. The molecule has 0 aromatic heterocycles. The lowest BCUT2D eigenvalue weighted by Gasteiger charge is -2.31. The van der Waals surface area contributed by atoms with Crippen LogP contribution in [-0.2, 0) is 14.9 Å².